The summed E-state index contributed by atoms with van der Waals surface area (Å²) in [5, 5.41) is 0. The van der Waals surface area contributed by atoms with E-state index in [1.165, 1.54) is 6.07 Å². The number of hydrogen-bond donors (Lipinski definition) is 1. The number of aromatic amines is 1. The van der Waals surface area contributed by atoms with E-state index in [2.05, 4.69) is 4.98 Å². The first-order valence-electron chi connectivity index (χ1n) is 7.29. The summed E-state index contributed by atoms with van der Waals surface area (Å²) in [4.78, 5) is 37.3. The SMILES string of the molecule is CCc1c(C(=O)OC(C)(C)C)[nH]c(C=O)c1-c1ccc(C=O)o1. The highest BCUT2D eigenvalue weighted by Crippen LogP contribution is 2.32. The van der Waals surface area contributed by atoms with E-state index in [4.69, 9.17) is 9.15 Å². The van der Waals surface area contributed by atoms with E-state index in [1.54, 1.807) is 26.8 Å². The molecule has 6 heteroatoms. The van der Waals surface area contributed by atoms with Crippen LogP contribution in [0.1, 0.15) is 64.8 Å². The molecule has 0 atom stereocenters. The number of carbonyl (C=O) groups excluding carboxylic acids is 3. The van der Waals surface area contributed by atoms with Gasteiger partial charge >= 0.3 is 5.97 Å². The number of rotatable bonds is 5. The maximum atomic E-state index is 12.4. The van der Waals surface area contributed by atoms with Crippen LogP contribution in [-0.4, -0.2) is 29.1 Å². The Kier molecular flexibility index (Phi) is 4.54. The summed E-state index contributed by atoms with van der Waals surface area (Å²) >= 11 is 0. The maximum absolute atomic E-state index is 12.4. The van der Waals surface area contributed by atoms with E-state index in [-0.39, 0.29) is 17.1 Å². The van der Waals surface area contributed by atoms with Gasteiger partial charge < -0.3 is 14.1 Å². The Morgan fingerprint density at radius 2 is 1.96 bits per heavy atom. The fourth-order valence-electron chi connectivity index (χ4n) is 2.34. The third-order valence-corrected chi connectivity index (χ3v) is 3.20. The molecule has 2 heterocycles. The number of hydrogen-bond acceptors (Lipinski definition) is 5. The Morgan fingerprint density at radius 1 is 1.26 bits per heavy atom. The van der Waals surface area contributed by atoms with Gasteiger partial charge in [-0.25, -0.2) is 4.79 Å². The van der Waals surface area contributed by atoms with Crippen molar-refractivity contribution in [1.29, 1.82) is 0 Å². The molecule has 0 saturated carbocycles. The minimum absolute atomic E-state index is 0.152. The molecule has 1 N–H and O–H groups in total. The van der Waals surface area contributed by atoms with Gasteiger partial charge in [-0.15, -0.1) is 0 Å². The van der Waals surface area contributed by atoms with Crippen molar-refractivity contribution in [2.45, 2.75) is 39.7 Å². The van der Waals surface area contributed by atoms with Crippen LogP contribution in [-0.2, 0) is 11.2 Å². The van der Waals surface area contributed by atoms with Crippen LogP contribution in [0.2, 0.25) is 0 Å². The molecule has 2 aromatic heterocycles. The normalized spacial score (nSPS) is 11.3. The van der Waals surface area contributed by atoms with Crippen molar-refractivity contribution >= 4 is 18.5 Å². The van der Waals surface area contributed by atoms with Crippen molar-refractivity contribution < 1.29 is 23.5 Å². The summed E-state index contributed by atoms with van der Waals surface area (Å²) in [6.45, 7) is 7.16. The summed E-state index contributed by atoms with van der Waals surface area (Å²) in [6, 6.07) is 3.11. The minimum Gasteiger partial charge on any atom is -0.455 e. The average molecular weight is 317 g/mol. The van der Waals surface area contributed by atoms with E-state index >= 15 is 0 Å². The van der Waals surface area contributed by atoms with Crippen molar-refractivity contribution in [3.8, 4) is 11.3 Å². The smallest absolute Gasteiger partial charge is 0.355 e. The lowest BCUT2D eigenvalue weighted by Crippen LogP contribution is -2.24. The van der Waals surface area contributed by atoms with Crippen molar-refractivity contribution in [2.24, 2.45) is 0 Å². The Labute approximate surface area is 133 Å². The zero-order valence-electron chi connectivity index (χ0n) is 13.6. The predicted octanol–water partition coefficient (Wildman–Crippen LogP) is 3.42. The second-order valence-corrected chi connectivity index (χ2v) is 6.06. The van der Waals surface area contributed by atoms with Crippen molar-refractivity contribution in [2.75, 3.05) is 0 Å². The topological polar surface area (TPSA) is 89.4 Å². The predicted molar refractivity (Wildman–Crippen MR) is 83.8 cm³/mol. The molecule has 23 heavy (non-hydrogen) atoms. The summed E-state index contributed by atoms with van der Waals surface area (Å²) in [6.07, 6.45) is 1.69. The summed E-state index contributed by atoms with van der Waals surface area (Å²) < 4.78 is 10.8. The molecule has 0 aromatic carbocycles. The number of nitrogens with one attached hydrogen (secondary N) is 1. The minimum atomic E-state index is -0.649. The molecule has 0 spiro atoms. The molecule has 0 aliphatic rings. The molecule has 0 fully saturated rings. The lowest BCUT2D eigenvalue weighted by molar-refractivity contribution is 0.00623. The fourth-order valence-corrected chi connectivity index (χ4v) is 2.34. The zero-order valence-corrected chi connectivity index (χ0v) is 13.6. The van der Waals surface area contributed by atoms with E-state index < -0.39 is 11.6 Å². The highest BCUT2D eigenvalue weighted by Gasteiger charge is 2.27. The van der Waals surface area contributed by atoms with Gasteiger partial charge in [-0.3, -0.25) is 9.59 Å². The summed E-state index contributed by atoms with van der Waals surface area (Å²) in [5.74, 6) is -0.0260. The number of esters is 1. The van der Waals surface area contributed by atoms with Crippen LogP contribution < -0.4 is 0 Å². The monoisotopic (exact) mass is 317 g/mol. The van der Waals surface area contributed by atoms with Crippen LogP contribution in [0.3, 0.4) is 0 Å². The molecule has 0 amide bonds. The Morgan fingerprint density at radius 3 is 2.43 bits per heavy atom. The van der Waals surface area contributed by atoms with Crippen molar-refractivity contribution in [3.05, 3.63) is 34.8 Å². The second-order valence-electron chi connectivity index (χ2n) is 6.06. The molecule has 0 unspecified atom stereocenters. The second kappa shape index (κ2) is 6.24. The first-order valence-corrected chi connectivity index (χ1v) is 7.29. The molecular weight excluding hydrogens is 298 g/mol. The Bertz CT molecular complexity index is 746. The number of H-pyrrole nitrogens is 1. The molecular formula is C17H19NO5. The van der Waals surface area contributed by atoms with Gasteiger partial charge in [0.15, 0.2) is 18.3 Å². The number of aldehydes is 2. The standard InChI is InChI=1S/C17H19NO5/c1-5-11-14(13-7-6-10(8-19)22-13)12(9-20)18-15(11)16(21)23-17(2,3)4/h6-9,18H,5H2,1-4H3. The first kappa shape index (κ1) is 16.7. The molecule has 6 nitrogen and oxygen atoms in total. The maximum Gasteiger partial charge on any atom is 0.355 e. The molecule has 2 rings (SSSR count). The van der Waals surface area contributed by atoms with Crippen LogP contribution in [0.25, 0.3) is 11.3 Å². The van der Waals surface area contributed by atoms with Crippen LogP contribution in [0, 0.1) is 0 Å². The molecule has 0 saturated heterocycles. The molecule has 2 aromatic rings. The van der Waals surface area contributed by atoms with Gasteiger partial charge in [0, 0.05) is 5.56 Å². The fraction of sp³-hybridized carbons (Fsp3) is 0.353. The largest absolute Gasteiger partial charge is 0.455 e. The van der Waals surface area contributed by atoms with Crippen LogP contribution >= 0.6 is 0 Å². The Hall–Kier alpha value is -2.63. The van der Waals surface area contributed by atoms with Gasteiger partial charge in [0.2, 0.25) is 0 Å². The van der Waals surface area contributed by atoms with Crippen LogP contribution in [0.4, 0.5) is 0 Å². The van der Waals surface area contributed by atoms with Gasteiger partial charge in [-0.2, -0.15) is 0 Å². The van der Waals surface area contributed by atoms with Gasteiger partial charge in [0.25, 0.3) is 0 Å². The van der Waals surface area contributed by atoms with E-state index in [9.17, 15) is 14.4 Å². The average Bonchev–Trinajstić information content (AvgIpc) is 3.08. The van der Waals surface area contributed by atoms with Crippen molar-refractivity contribution in [1.82, 2.24) is 4.98 Å². The molecule has 122 valence electrons. The third-order valence-electron chi connectivity index (χ3n) is 3.20. The molecule has 0 radical (unpaired) electrons. The number of furan rings is 1. The highest BCUT2D eigenvalue weighted by atomic mass is 16.6. The van der Waals surface area contributed by atoms with E-state index in [0.717, 1.165) is 0 Å². The van der Waals surface area contributed by atoms with Gasteiger partial charge in [0.05, 0.1) is 5.69 Å². The van der Waals surface area contributed by atoms with Gasteiger partial charge in [0.1, 0.15) is 17.1 Å². The first-order chi connectivity index (χ1) is 10.8. The third kappa shape index (κ3) is 3.41. The number of aromatic nitrogens is 1. The molecule has 0 aliphatic heterocycles. The lowest BCUT2D eigenvalue weighted by Gasteiger charge is -2.19. The molecule has 0 aliphatic carbocycles. The van der Waals surface area contributed by atoms with Gasteiger partial charge in [-0.05, 0) is 44.9 Å². The zero-order chi connectivity index (χ0) is 17.2. The Balaban J connectivity index is 2.56. The summed E-state index contributed by atoms with van der Waals surface area (Å²) in [7, 11) is 0. The quantitative estimate of drug-likeness (QED) is 0.674. The molecule has 0 bridgehead atoms. The van der Waals surface area contributed by atoms with E-state index in [0.29, 0.717) is 35.9 Å². The van der Waals surface area contributed by atoms with E-state index in [1.807, 2.05) is 6.92 Å². The number of carbonyl (C=O) groups is 3. The lowest BCUT2D eigenvalue weighted by atomic mass is 10.0. The number of ether oxygens (including phenoxy) is 1. The van der Waals surface area contributed by atoms with Crippen LogP contribution in [0.15, 0.2) is 16.5 Å². The van der Waals surface area contributed by atoms with Crippen molar-refractivity contribution in [3.63, 3.8) is 0 Å². The van der Waals surface area contributed by atoms with Gasteiger partial charge in [-0.1, -0.05) is 6.92 Å². The highest BCUT2D eigenvalue weighted by molar-refractivity contribution is 5.97. The summed E-state index contributed by atoms with van der Waals surface area (Å²) in [5.41, 5.74) is 0.895. The van der Waals surface area contributed by atoms with Crippen LogP contribution in [0.5, 0.6) is 0 Å².